The Morgan fingerprint density at radius 1 is 0.971 bits per heavy atom. The van der Waals surface area contributed by atoms with E-state index in [9.17, 15) is 14.4 Å². The number of benzene rings is 2. The lowest BCUT2D eigenvalue weighted by molar-refractivity contribution is -0.136. The first kappa shape index (κ1) is 21.7. The molecule has 4 heterocycles. The molecular formula is C28H26N4O3. The van der Waals surface area contributed by atoms with E-state index in [-0.39, 0.29) is 18.2 Å². The summed E-state index contributed by atoms with van der Waals surface area (Å²) in [5.74, 6) is -0.830. The molecule has 1 N–H and O–H groups in total. The summed E-state index contributed by atoms with van der Waals surface area (Å²) in [6, 6.07) is 20.5. The third-order valence-electron chi connectivity index (χ3n) is 7.17. The molecule has 3 aliphatic heterocycles. The van der Waals surface area contributed by atoms with Gasteiger partial charge in [0.25, 0.3) is 5.91 Å². The number of imide groups is 1. The van der Waals surface area contributed by atoms with Crippen LogP contribution in [0.1, 0.15) is 39.9 Å². The van der Waals surface area contributed by atoms with E-state index in [4.69, 9.17) is 0 Å². The predicted molar refractivity (Wildman–Crippen MR) is 130 cm³/mol. The fourth-order valence-electron chi connectivity index (χ4n) is 5.20. The van der Waals surface area contributed by atoms with E-state index in [0.717, 1.165) is 36.3 Å². The van der Waals surface area contributed by atoms with Crippen LogP contribution in [0.2, 0.25) is 0 Å². The maximum absolute atomic E-state index is 13.0. The number of hydrogen-bond donors (Lipinski definition) is 1. The first-order valence-electron chi connectivity index (χ1n) is 12.1. The quantitative estimate of drug-likeness (QED) is 0.446. The van der Waals surface area contributed by atoms with Crippen molar-refractivity contribution in [3.05, 3.63) is 89.1 Å². The topological polar surface area (TPSA) is 82.4 Å². The summed E-state index contributed by atoms with van der Waals surface area (Å²) in [6.07, 6.45) is 3.53. The lowest BCUT2D eigenvalue weighted by atomic mass is 10.0. The Morgan fingerprint density at radius 3 is 2.66 bits per heavy atom. The van der Waals surface area contributed by atoms with Crippen LogP contribution < -0.4 is 5.32 Å². The van der Waals surface area contributed by atoms with Gasteiger partial charge in [0.1, 0.15) is 6.04 Å². The van der Waals surface area contributed by atoms with Crippen molar-refractivity contribution in [1.29, 1.82) is 0 Å². The fourth-order valence-corrected chi connectivity index (χ4v) is 5.20. The number of fused-ring (bicyclic) bond motifs is 1. The molecule has 2 fully saturated rings. The molecule has 2 unspecified atom stereocenters. The average Bonchev–Trinajstić information content (AvgIpc) is 3.50. The first-order chi connectivity index (χ1) is 17.0. The van der Waals surface area contributed by atoms with Crippen molar-refractivity contribution in [2.45, 2.75) is 44.4 Å². The van der Waals surface area contributed by atoms with Gasteiger partial charge in [-0.15, -0.1) is 0 Å². The zero-order chi connectivity index (χ0) is 23.9. The van der Waals surface area contributed by atoms with Gasteiger partial charge in [-0.1, -0.05) is 36.4 Å². The summed E-state index contributed by atoms with van der Waals surface area (Å²) in [4.78, 5) is 45.4. The minimum absolute atomic E-state index is 0.159. The van der Waals surface area contributed by atoms with Gasteiger partial charge < -0.3 is 4.90 Å². The third kappa shape index (κ3) is 4.35. The molecule has 0 bridgehead atoms. The number of aromatic nitrogens is 1. The molecule has 2 aromatic carbocycles. The second kappa shape index (κ2) is 8.74. The van der Waals surface area contributed by atoms with Crippen molar-refractivity contribution in [2.24, 2.45) is 0 Å². The molecule has 176 valence electrons. The molecule has 6 rings (SSSR count). The minimum atomic E-state index is -0.603. The summed E-state index contributed by atoms with van der Waals surface area (Å²) in [5, 5.41) is 2.35. The molecule has 3 amide bonds. The van der Waals surface area contributed by atoms with Gasteiger partial charge in [0.05, 0.1) is 5.69 Å². The number of carbonyl (C=O) groups excluding carboxylic acids is 3. The van der Waals surface area contributed by atoms with E-state index in [1.165, 1.54) is 11.1 Å². The van der Waals surface area contributed by atoms with Crippen molar-refractivity contribution in [3.8, 4) is 11.3 Å². The van der Waals surface area contributed by atoms with Crippen LogP contribution in [0.4, 0.5) is 0 Å². The monoisotopic (exact) mass is 466 g/mol. The van der Waals surface area contributed by atoms with Crippen molar-refractivity contribution in [3.63, 3.8) is 0 Å². The van der Waals surface area contributed by atoms with Gasteiger partial charge >= 0.3 is 0 Å². The molecule has 0 radical (unpaired) electrons. The number of pyridine rings is 1. The van der Waals surface area contributed by atoms with E-state index in [1.807, 2.05) is 30.5 Å². The standard InChI is InChI=1S/C28H26N4O3/c33-26-9-8-25(27(34)30-26)32-16-21-14-20(6-7-23(21)28(32)35)24-13-19(10-11-29-24)15-31-17-22(31)12-18-4-2-1-3-5-18/h1-7,10-11,13-14,22,25H,8-9,12,15-17H2,(H,30,33,34)/t22-,25?,31?/m0/s1. The zero-order valence-electron chi connectivity index (χ0n) is 19.3. The minimum Gasteiger partial charge on any atom is -0.322 e. The molecular weight excluding hydrogens is 440 g/mol. The summed E-state index contributed by atoms with van der Waals surface area (Å²) < 4.78 is 0. The number of amides is 3. The normalized spacial score (nSPS) is 23.3. The second-order valence-corrected chi connectivity index (χ2v) is 9.59. The number of nitrogens with one attached hydrogen (secondary N) is 1. The van der Waals surface area contributed by atoms with Crippen molar-refractivity contribution in [1.82, 2.24) is 20.1 Å². The van der Waals surface area contributed by atoms with E-state index in [0.29, 0.717) is 24.6 Å². The SMILES string of the molecule is O=C1CCC(N2Cc3cc(-c4cc(CN5C[C@@H]5Cc5ccccc5)ccn4)ccc3C2=O)C(=O)N1. The van der Waals surface area contributed by atoms with Gasteiger partial charge in [-0.3, -0.25) is 29.6 Å². The van der Waals surface area contributed by atoms with E-state index in [2.05, 4.69) is 51.6 Å². The van der Waals surface area contributed by atoms with Crippen LogP contribution in [0.15, 0.2) is 66.9 Å². The van der Waals surface area contributed by atoms with Crippen LogP contribution in [-0.4, -0.2) is 51.1 Å². The van der Waals surface area contributed by atoms with Gasteiger partial charge in [0.2, 0.25) is 11.8 Å². The maximum atomic E-state index is 13.0. The maximum Gasteiger partial charge on any atom is 0.255 e. The first-order valence-corrected chi connectivity index (χ1v) is 12.1. The molecule has 0 spiro atoms. The van der Waals surface area contributed by atoms with Gasteiger partial charge in [-0.05, 0) is 53.8 Å². The van der Waals surface area contributed by atoms with E-state index >= 15 is 0 Å². The van der Waals surface area contributed by atoms with Gasteiger partial charge in [0.15, 0.2) is 0 Å². The molecule has 3 aromatic rings. The Labute approximate surface area is 203 Å². The van der Waals surface area contributed by atoms with Gasteiger partial charge in [-0.2, -0.15) is 0 Å². The van der Waals surface area contributed by atoms with Crippen LogP contribution in [0, 0.1) is 0 Å². The smallest absolute Gasteiger partial charge is 0.255 e. The number of nitrogens with zero attached hydrogens (tertiary/aromatic N) is 3. The van der Waals surface area contributed by atoms with Crippen LogP contribution >= 0.6 is 0 Å². The Kier molecular flexibility index (Phi) is 5.41. The highest BCUT2D eigenvalue weighted by atomic mass is 16.2. The largest absolute Gasteiger partial charge is 0.322 e. The van der Waals surface area contributed by atoms with Crippen LogP contribution in [0.5, 0.6) is 0 Å². The third-order valence-corrected chi connectivity index (χ3v) is 7.17. The van der Waals surface area contributed by atoms with Crippen LogP contribution in [0.25, 0.3) is 11.3 Å². The summed E-state index contributed by atoms with van der Waals surface area (Å²) in [7, 11) is 0. The summed E-state index contributed by atoms with van der Waals surface area (Å²) in [6.45, 7) is 2.35. The van der Waals surface area contributed by atoms with Crippen molar-refractivity contribution < 1.29 is 14.4 Å². The zero-order valence-corrected chi connectivity index (χ0v) is 19.3. The Balaban J connectivity index is 1.15. The summed E-state index contributed by atoms with van der Waals surface area (Å²) >= 11 is 0. The molecule has 7 nitrogen and oxygen atoms in total. The highest BCUT2D eigenvalue weighted by Crippen LogP contribution is 2.31. The van der Waals surface area contributed by atoms with Gasteiger partial charge in [-0.25, -0.2) is 0 Å². The summed E-state index contributed by atoms with van der Waals surface area (Å²) in [5.41, 5.74) is 5.91. The molecule has 2 saturated heterocycles. The van der Waals surface area contributed by atoms with Gasteiger partial charge in [0, 0.05) is 49.4 Å². The second-order valence-electron chi connectivity index (χ2n) is 9.59. The molecule has 0 saturated carbocycles. The lowest BCUT2D eigenvalue weighted by Crippen LogP contribution is -2.52. The number of rotatable bonds is 6. The molecule has 7 heteroatoms. The lowest BCUT2D eigenvalue weighted by Gasteiger charge is -2.29. The number of carbonyl (C=O) groups is 3. The van der Waals surface area contributed by atoms with Crippen molar-refractivity contribution >= 4 is 17.7 Å². The molecule has 3 atom stereocenters. The van der Waals surface area contributed by atoms with Crippen LogP contribution in [0.3, 0.4) is 0 Å². The Bertz CT molecular complexity index is 1320. The van der Waals surface area contributed by atoms with E-state index < -0.39 is 11.9 Å². The number of hydrogen-bond acceptors (Lipinski definition) is 5. The predicted octanol–water partition coefficient (Wildman–Crippen LogP) is 2.94. The molecule has 35 heavy (non-hydrogen) atoms. The highest BCUT2D eigenvalue weighted by Gasteiger charge is 2.39. The van der Waals surface area contributed by atoms with E-state index in [1.54, 1.807) is 4.90 Å². The molecule has 0 aliphatic carbocycles. The molecule has 1 aromatic heterocycles. The Morgan fingerprint density at radius 2 is 1.83 bits per heavy atom. The molecule has 3 aliphatic rings. The van der Waals surface area contributed by atoms with Crippen molar-refractivity contribution in [2.75, 3.05) is 6.54 Å². The average molecular weight is 467 g/mol. The number of piperidine rings is 1. The Hall–Kier alpha value is -3.84. The fraction of sp³-hybridized carbons (Fsp3) is 0.286. The highest BCUT2D eigenvalue weighted by molar-refractivity contribution is 6.05. The van der Waals surface area contributed by atoms with Crippen LogP contribution in [-0.2, 0) is 29.1 Å².